The summed E-state index contributed by atoms with van der Waals surface area (Å²) in [6, 6.07) is 2.33. The number of H-pyrrole nitrogens is 1. The minimum absolute atomic E-state index is 0.115. The monoisotopic (exact) mass is 225 g/mol. The highest BCUT2D eigenvalue weighted by molar-refractivity contribution is 6.09. The molecule has 1 aromatic heterocycles. The molecule has 16 heavy (non-hydrogen) atoms. The number of halogens is 3. The van der Waals surface area contributed by atoms with Crippen LogP contribution in [0, 0.1) is 17.5 Å². The Morgan fingerprint density at radius 3 is 2.25 bits per heavy atom. The quantitative estimate of drug-likeness (QED) is 0.783. The molecule has 0 aliphatic heterocycles. The van der Waals surface area contributed by atoms with Crippen LogP contribution in [0.1, 0.15) is 15.9 Å². The Morgan fingerprint density at radius 1 is 1.12 bits per heavy atom. The van der Waals surface area contributed by atoms with Crippen LogP contribution in [0.5, 0.6) is 0 Å². The van der Waals surface area contributed by atoms with Crippen molar-refractivity contribution in [3.63, 3.8) is 0 Å². The molecule has 0 aliphatic carbocycles. The van der Waals surface area contributed by atoms with Crippen LogP contribution >= 0.6 is 0 Å². The van der Waals surface area contributed by atoms with E-state index in [1.165, 1.54) is 18.5 Å². The Kier molecular flexibility index (Phi) is 2.52. The molecule has 2 nitrogen and oxygen atoms in total. The molecule has 1 N–H and O–H groups in total. The summed E-state index contributed by atoms with van der Waals surface area (Å²) in [6.45, 7) is 0. The number of benzene rings is 1. The summed E-state index contributed by atoms with van der Waals surface area (Å²) in [5.74, 6) is -4.29. The third-order valence-corrected chi connectivity index (χ3v) is 2.09. The van der Waals surface area contributed by atoms with E-state index in [2.05, 4.69) is 4.98 Å². The fourth-order valence-corrected chi connectivity index (χ4v) is 1.37. The second-order valence-electron chi connectivity index (χ2n) is 3.17. The van der Waals surface area contributed by atoms with E-state index in [4.69, 9.17) is 0 Å². The van der Waals surface area contributed by atoms with Crippen molar-refractivity contribution in [2.75, 3.05) is 0 Å². The normalized spacial score (nSPS) is 10.4. The van der Waals surface area contributed by atoms with Gasteiger partial charge in [-0.3, -0.25) is 4.79 Å². The van der Waals surface area contributed by atoms with E-state index in [0.717, 1.165) is 0 Å². The number of ketones is 1. The standard InChI is InChI=1S/C11H6F3NO/c12-7-3-8(13)10(9(14)4-7)11(16)6-1-2-15-5-6/h1-5,15H. The van der Waals surface area contributed by atoms with Gasteiger partial charge < -0.3 is 4.98 Å². The highest BCUT2D eigenvalue weighted by Gasteiger charge is 2.20. The summed E-state index contributed by atoms with van der Waals surface area (Å²) in [5.41, 5.74) is -0.634. The average Bonchev–Trinajstić information content (AvgIpc) is 2.67. The second kappa shape index (κ2) is 3.84. The first-order valence-corrected chi connectivity index (χ1v) is 4.41. The van der Waals surface area contributed by atoms with Gasteiger partial charge in [0.25, 0.3) is 0 Å². The van der Waals surface area contributed by atoms with Crippen LogP contribution in [0.2, 0.25) is 0 Å². The molecule has 1 aromatic carbocycles. The van der Waals surface area contributed by atoms with Gasteiger partial charge in [0, 0.05) is 30.1 Å². The smallest absolute Gasteiger partial charge is 0.200 e. The van der Waals surface area contributed by atoms with E-state index in [0.29, 0.717) is 12.1 Å². The van der Waals surface area contributed by atoms with Crippen molar-refractivity contribution < 1.29 is 18.0 Å². The zero-order chi connectivity index (χ0) is 11.7. The van der Waals surface area contributed by atoms with E-state index in [1.807, 2.05) is 0 Å². The van der Waals surface area contributed by atoms with E-state index in [9.17, 15) is 18.0 Å². The maximum Gasteiger partial charge on any atom is 0.200 e. The van der Waals surface area contributed by atoms with Gasteiger partial charge in [0.2, 0.25) is 0 Å². The van der Waals surface area contributed by atoms with Crippen molar-refractivity contribution in [3.8, 4) is 0 Å². The summed E-state index contributed by atoms with van der Waals surface area (Å²) in [7, 11) is 0. The van der Waals surface area contributed by atoms with Gasteiger partial charge in [-0.1, -0.05) is 0 Å². The molecule has 0 bridgehead atoms. The van der Waals surface area contributed by atoms with Crippen LogP contribution in [0.25, 0.3) is 0 Å². The first-order valence-electron chi connectivity index (χ1n) is 4.41. The van der Waals surface area contributed by atoms with E-state index >= 15 is 0 Å². The summed E-state index contributed by atoms with van der Waals surface area (Å²) >= 11 is 0. The highest BCUT2D eigenvalue weighted by Crippen LogP contribution is 2.18. The molecule has 0 atom stereocenters. The van der Waals surface area contributed by atoms with Gasteiger partial charge in [-0.05, 0) is 6.07 Å². The van der Waals surface area contributed by atoms with Gasteiger partial charge >= 0.3 is 0 Å². The van der Waals surface area contributed by atoms with Gasteiger partial charge in [-0.2, -0.15) is 0 Å². The van der Waals surface area contributed by atoms with Crippen LogP contribution in [0.3, 0.4) is 0 Å². The predicted molar refractivity (Wildman–Crippen MR) is 50.5 cm³/mol. The molecular weight excluding hydrogens is 219 g/mol. The van der Waals surface area contributed by atoms with Gasteiger partial charge in [0.1, 0.15) is 17.5 Å². The Morgan fingerprint density at radius 2 is 1.75 bits per heavy atom. The molecule has 2 aromatic rings. The Labute approximate surface area is 88.7 Å². The lowest BCUT2D eigenvalue weighted by Gasteiger charge is -2.02. The number of nitrogens with one attached hydrogen (secondary N) is 1. The summed E-state index contributed by atoms with van der Waals surface area (Å²) in [5, 5.41) is 0. The van der Waals surface area contributed by atoms with Crippen molar-refractivity contribution in [1.29, 1.82) is 0 Å². The molecule has 0 saturated carbocycles. The molecule has 5 heteroatoms. The number of hydrogen-bond donors (Lipinski definition) is 1. The molecule has 1 heterocycles. The first-order chi connectivity index (χ1) is 7.59. The van der Waals surface area contributed by atoms with Crippen LogP contribution in [-0.4, -0.2) is 10.8 Å². The third kappa shape index (κ3) is 1.71. The van der Waals surface area contributed by atoms with Gasteiger partial charge in [0.05, 0.1) is 5.56 Å². The molecule has 0 fully saturated rings. The lowest BCUT2D eigenvalue weighted by atomic mass is 10.0. The van der Waals surface area contributed by atoms with Gasteiger partial charge in [-0.15, -0.1) is 0 Å². The highest BCUT2D eigenvalue weighted by atomic mass is 19.1. The maximum atomic E-state index is 13.2. The first kappa shape index (κ1) is 10.5. The van der Waals surface area contributed by atoms with Crippen LogP contribution in [0.4, 0.5) is 13.2 Å². The van der Waals surface area contributed by atoms with Crippen molar-refractivity contribution >= 4 is 5.78 Å². The van der Waals surface area contributed by atoms with Gasteiger partial charge in [0.15, 0.2) is 5.78 Å². The molecular formula is C11H6F3NO. The fraction of sp³-hybridized carbons (Fsp3) is 0. The Hall–Kier alpha value is -2.04. The number of rotatable bonds is 2. The van der Waals surface area contributed by atoms with Crippen LogP contribution in [0.15, 0.2) is 30.6 Å². The summed E-state index contributed by atoms with van der Waals surface area (Å²) in [6.07, 6.45) is 2.76. The van der Waals surface area contributed by atoms with Crippen LogP contribution < -0.4 is 0 Å². The Balaban J connectivity index is 2.53. The van der Waals surface area contributed by atoms with Crippen molar-refractivity contribution in [2.45, 2.75) is 0 Å². The second-order valence-corrected chi connectivity index (χ2v) is 3.17. The van der Waals surface area contributed by atoms with Crippen molar-refractivity contribution in [2.24, 2.45) is 0 Å². The lowest BCUT2D eigenvalue weighted by Crippen LogP contribution is -2.07. The molecule has 82 valence electrons. The van der Waals surface area contributed by atoms with E-state index in [-0.39, 0.29) is 5.56 Å². The van der Waals surface area contributed by atoms with Crippen LogP contribution in [-0.2, 0) is 0 Å². The Bertz CT molecular complexity index is 511. The predicted octanol–water partition coefficient (Wildman–Crippen LogP) is 2.66. The molecule has 0 spiro atoms. The topological polar surface area (TPSA) is 32.9 Å². The molecule has 2 rings (SSSR count). The number of carbonyl (C=O) groups is 1. The SMILES string of the molecule is O=C(c1cc[nH]c1)c1c(F)cc(F)cc1F. The zero-order valence-corrected chi connectivity index (χ0v) is 7.93. The average molecular weight is 225 g/mol. The van der Waals surface area contributed by atoms with E-state index < -0.39 is 28.8 Å². The number of aromatic nitrogens is 1. The zero-order valence-electron chi connectivity index (χ0n) is 7.93. The summed E-state index contributed by atoms with van der Waals surface area (Å²) in [4.78, 5) is 14.2. The number of aromatic amines is 1. The van der Waals surface area contributed by atoms with E-state index in [1.54, 1.807) is 0 Å². The fourth-order valence-electron chi connectivity index (χ4n) is 1.37. The van der Waals surface area contributed by atoms with Crippen molar-refractivity contribution in [3.05, 3.63) is 59.2 Å². The molecule has 0 saturated heterocycles. The molecule has 0 aliphatic rings. The molecule has 0 radical (unpaired) electrons. The largest absolute Gasteiger partial charge is 0.367 e. The van der Waals surface area contributed by atoms with Crippen molar-refractivity contribution in [1.82, 2.24) is 4.98 Å². The van der Waals surface area contributed by atoms with Gasteiger partial charge in [-0.25, -0.2) is 13.2 Å². The maximum absolute atomic E-state index is 13.2. The number of carbonyl (C=O) groups excluding carboxylic acids is 1. The third-order valence-electron chi connectivity index (χ3n) is 2.09. The summed E-state index contributed by atoms with van der Waals surface area (Å²) < 4.78 is 39.1. The molecule has 0 amide bonds. The minimum Gasteiger partial charge on any atom is -0.367 e. The minimum atomic E-state index is -1.20. The number of hydrogen-bond acceptors (Lipinski definition) is 1. The lowest BCUT2D eigenvalue weighted by molar-refractivity contribution is 0.103. The molecule has 0 unspecified atom stereocenters.